The van der Waals surface area contributed by atoms with Gasteiger partial charge < -0.3 is 14.8 Å². The summed E-state index contributed by atoms with van der Waals surface area (Å²) in [6, 6.07) is 5.99. The summed E-state index contributed by atoms with van der Waals surface area (Å²) in [6.45, 7) is 4.45. The summed E-state index contributed by atoms with van der Waals surface area (Å²) in [7, 11) is 3.23. The van der Waals surface area contributed by atoms with Crippen LogP contribution in [-0.4, -0.2) is 35.8 Å². The maximum absolute atomic E-state index is 13.3. The highest BCUT2D eigenvalue weighted by molar-refractivity contribution is 6.01. The molecule has 2 aromatic rings. The molecule has 1 aromatic heterocycles. The molecular weight excluding hydrogens is 378 g/mol. The van der Waals surface area contributed by atoms with Gasteiger partial charge in [0.15, 0.2) is 5.78 Å². The number of fused-ring (bicyclic) bond motifs is 1. The van der Waals surface area contributed by atoms with Crippen LogP contribution in [0.25, 0.3) is 0 Å². The van der Waals surface area contributed by atoms with Crippen molar-refractivity contribution < 1.29 is 14.3 Å². The van der Waals surface area contributed by atoms with E-state index in [2.05, 4.69) is 24.3 Å². The van der Waals surface area contributed by atoms with Crippen LogP contribution in [0.15, 0.2) is 24.4 Å². The highest BCUT2D eigenvalue weighted by Crippen LogP contribution is 2.40. The molecule has 0 radical (unpaired) electrons. The van der Waals surface area contributed by atoms with Gasteiger partial charge in [0.1, 0.15) is 17.3 Å². The number of nitrogens with zero attached hydrogens (tertiary/aromatic N) is 2. The number of carbonyl (C=O) groups is 1. The van der Waals surface area contributed by atoms with Gasteiger partial charge >= 0.3 is 0 Å². The number of ketones is 1. The van der Waals surface area contributed by atoms with Gasteiger partial charge in [-0.15, -0.1) is 0 Å². The van der Waals surface area contributed by atoms with E-state index in [0.29, 0.717) is 29.0 Å². The SMILES string of the molecule is COc1cc(CC(=O)c2cnn3c2NC(C2CCCCC2)CC3(C)C)cc(OC)c1. The summed E-state index contributed by atoms with van der Waals surface area (Å²) < 4.78 is 12.7. The van der Waals surface area contributed by atoms with E-state index in [1.807, 2.05) is 22.9 Å². The van der Waals surface area contributed by atoms with Crippen molar-refractivity contribution in [2.45, 2.75) is 70.4 Å². The third-order valence-electron chi connectivity index (χ3n) is 6.68. The first-order valence-corrected chi connectivity index (χ1v) is 11.0. The number of carbonyl (C=O) groups excluding carboxylic acids is 1. The van der Waals surface area contributed by atoms with Crippen LogP contribution in [0, 0.1) is 5.92 Å². The number of nitrogens with one attached hydrogen (secondary N) is 1. The van der Waals surface area contributed by atoms with Crippen molar-refractivity contribution in [1.29, 1.82) is 0 Å². The average Bonchev–Trinajstić information content (AvgIpc) is 3.19. The summed E-state index contributed by atoms with van der Waals surface area (Å²) in [5.41, 5.74) is 1.43. The fourth-order valence-corrected chi connectivity index (χ4v) is 5.07. The lowest BCUT2D eigenvalue weighted by Gasteiger charge is -2.42. The number of aromatic nitrogens is 2. The number of hydrogen-bond donors (Lipinski definition) is 1. The fraction of sp³-hybridized carbons (Fsp3) is 0.583. The number of anilines is 1. The molecule has 6 nitrogen and oxygen atoms in total. The topological polar surface area (TPSA) is 65.4 Å². The van der Waals surface area contributed by atoms with E-state index in [9.17, 15) is 4.79 Å². The Morgan fingerprint density at radius 1 is 1.13 bits per heavy atom. The molecule has 2 aliphatic rings. The molecule has 0 saturated heterocycles. The number of benzene rings is 1. The van der Waals surface area contributed by atoms with E-state index >= 15 is 0 Å². The Morgan fingerprint density at radius 3 is 2.43 bits per heavy atom. The van der Waals surface area contributed by atoms with Gasteiger partial charge in [0, 0.05) is 18.5 Å². The minimum Gasteiger partial charge on any atom is -0.497 e. The molecule has 1 saturated carbocycles. The van der Waals surface area contributed by atoms with Gasteiger partial charge in [-0.25, -0.2) is 4.68 Å². The first-order chi connectivity index (χ1) is 14.4. The zero-order valence-electron chi connectivity index (χ0n) is 18.5. The Labute approximate surface area is 178 Å². The maximum atomic E-state index is 13.3. The van der Waals surface area contributed by atoms with Crippen LogP contribution >= 0.6 is 0 Å². The number of hydrogen-bond acceptors (Lipinski definition) is 5. The van der Waals surface area contributed by atoms with Crippen LogP contribution in [0.3, 0.4) is 0 Å². The number of Topliss-reactive ketones (excluding diaryl/α,β-unsaturated/α-hetero) is 1. The molecule has 0 bridgehead atoms. The molecule has 1 fully saturated rings. The second kappa shape index (κ2) is 8.32. The van der Waals surface area contributed by atoms with E-state index in [-0.39, 0.29) is 17.7 Å². The molecule has 1 unspecified atom stereocenters. The summed E-state index contributed by atoms with van der Waals surface area (Å²) in [6.07, 6.45) is 9.56. The fourth-order valence-electron chi connectivity index (χ4n) is 5.07. The summed E-state index contributed by atoms with van der Waals surface area (Å²) in [4.78, 5) is 13.3. The normalized spacial score (nSPS) is 20.9. The molecule has 1 N–H and O–H groups in total. The first kappa shape index (κ1) is 20.8. The molecule has 162 valence electrons. The highest BCUT2D eigenvalue weighted by Gasteiger charge is 2.39. The summed E-state index contributed by atoms with van der Waals surface area (Å²) in [5, 5.41) is 8.32. The predicted molar refractivity (Wildman–Crippen MR) is 118 cm³/mol. The van der Waals surface area contributed by atoms with Crippen LogP contribution in [-0.2, 0) is 12.0 Å². The van der Waals surface area contributed by atoms with Crippen molar-refractivity contribution in [3.63, 3.8) is 0 Å². The minimum atomic E-state index is -0.111. The lowest BCUT2D eigenvalue weighted by atomic mass is 9.78. The molecule has 6 heteroatoms. The van der Waals surface area contributed by atoms with Gasteiger partial charge in [0.05, 0.1) is 31.5 Å². The van der Waals surface area contributed by atoms with E-state index in [4.69, 9.17) is 9.47 Å². The van der Waals surface area contributed by atoms with Crippen LogP contribution in [0.1, 0.15) is 68.3 Å². The lowest BCUT2D eigenvalue weighted by molar-refractivity contribution is 0.0993. The molecule has 4 rings (SSSR count). The molecule has 1 atom stereocenters. The minimum absolute atomic E-state index is 0.0548. The third kappa shape index (κ3) is 4.05. The molecule has 2 heterocycles. The van der Waals surface area contributed by atoms with Crippen molar-refractivity contribution in [2.75, 3.05) is 19.5 Å². The van der Waals surface area contributed by atoms with Gasteiger partial charge in [0.25, 0.3) is 0 Å². The number of rotatable bonds is 6. The van der Waals surface area contributed by atoms with Crippen molar-refractivity contribution >= 4 is 11.6 Å². The van der Waals surface area contributed by atoms with E-state index < -0.39 is 0 Å². The monoisotopic (exact) mass is 411 g/mol. The smallest absolute Gasteiger partial charge is 0.172 e. The van der Waals surface area contributed by atoms with E-state index in [1.165, 1.54) is 32.1 Å². The highest BCUT2D eigenvalue weighted by atomic mass is 16.5. The number of ether oxygens (including phenoxy) is 2. The Kier molecular flexibility index (Phi) is 5.76. The molecular formula is C24H33N3O3. The molecule has 1 aliphatic carbocycles. The zero-order chi connectivity index (χ0) is 21.3. The third-order valence-corrected chi connectivity index (χ3v) is 6.68. The molecule has 30 heavy (non-hydrogen) atoms. The second-order valence-electron chi connectivity index (χ2n) is 9.31. The van der Waals surface area contributed by atoms with Crippen molar-refractivity contribution in [1.82, 2.24) is 9.78 Å². The Bertz CT molecular complexity index is 890. The van der Waals surface area contributed by atoms with Gasteiger partial charge in [-0.1, -0.05) is 19.3 Å². The molecule has 0 spiro atoms. The van der Waals surface area contributed by atoms with Crippen LogP contribution < -0.4 is 14.8 Å². The Balaban J connectivity index is 1.59. The van der Waals surface area contributed by atoms with Crippen molar-refractivity contribution in [2.24, 2.45) is 5.92 Å². The molecule has 1 aromatic carbocycles. The average molecular weight is 412 g/mol. The van der Waals surface area contributed by atoms with Crippen LogP contribution in [0.4, 0.5) is 5.82 Å². The van der Waals surface area contributed by atoms with Gasteiger partial charge in [0.2, 0.25) is 0 Å². The van der Waals surface area contributed by atoms with Crippen molar-refractivity contribution in [3.05, 3.63) is 35.5 Å². The Hall–Kier alpha value is -2.50. The summed E-state index contributed by atoms with van der Waals surface area (Å²) in [5.74, 6) is 2.98. The van der Waals surface area contributed by atoms with Crippen molar-refractivity contribution in [3.8, 4) is 11.5 Å². The largest absolute Gasteiger partial charge is 0.497 e. The van der Waals surface area contributed by atoms with Gasteiger partial charge in [-0.2, -0.15) is 5.10 Å². The maximum Gasteiger partial charge on any atom is 0.172 e. The zero-order valence-corrected chi connectivity index (χ0v) is 18.5. The van der Waals surface area contributed by atoms with Gasteiger partial charge in [-0.05, 0) is 56.7 Å². The second-order valence-corrected chi connectivity index (χ2v) is 9.31. The van der Waals surface area contributed by atoms with Gasteiger partial charge in [-0.3, -0.25) is 4.79 Å². The van der Waals surface area contributed by atoms with E-state index in [0.717, 1.165) is 17.8 Å². The van der Waals surface area contributed by atoms with Crippen LogP contribution in [0.2, 0.25) is 0 Å². The predicted octanol–water partition coefficient (Wildman–Crippen LogP) is 4.83. The molecule has 0 amide bonds. The summed E-state index contributed by atoms with van der Waals surface area (Å²) >= 11 is 0. The standard InChI is InChI=1S/C24H33N3O3/c1-24(2)14-21(17-8-6-5-7-9-17)26-23-20(15-25-27(23)24)22(28)12-16-10-18(29-3)13-19(11-16)30-4/h10-11,13,15,17,21,26H,5-9,12,14H2,1-4H3. The Morgan fingerprint density at radius 2 is 1.80 bits per heavy atom. The first-order valence-electron chi connectivity index (χ1n) is 11.0. The van der Waals surface area contributed by atoms with Crippen LogP contribution in [0.5, 0.6) is 11.5 Å². The lowest BCUT2D eigenvalue weighted by Crippen LogP contribution is -2.45. The number of methoxy groups -OCH3 is 2. The quantitative estimate of drug-likeness (QED) is 0.690. The van der Waals surface area contributed by atoms with E-state index in [1.54, 1.807) is 20.4 Å². The molecule has 1 aliphatic heterocycles.